The first-order valence-corrected chi connectivity index (χ1v) is 7.58. The average Bonchev–Trinajstić information content (AvgIpc) is 2.46. The van der Waals surface area contributed by atoms with Crippen molar-refractivity contribution in [3.8, 4) is 0 Å². The van der Waals surface area contributed by atoms with Crippen molar-refractivity contribution in [1.29, 1.82) is 0 Å². The summed E-state index contributed by atoms with van der Waals surface area (Å²) in [6, 6.07) is 0. The van der Waals surface area contributed by atoms with Crippen LogP contribution in [0.25, 0.3) is 10.4 Å². The molecular formula is C15H25N3O3. The molecule has 0 aromatic rings. The van der Waals surface area contributed by atoms with E-state index in [9.17, 15) is 9.90 Å². The van der Waals surface area contributed by atoms with Crippen molar-refractivity contribution < 1.29 is 14.6 Å². The van der Waals surface area contributed by atoms with Crippen molar-refractivity contribution in [1.82, 2.24) is 0 Å². The van der Waals surface area contributed by atoms with Crippen molar-refractivity contribution in [2.75, 3.05) is 6.54 Å². The molecular weight excluding hydrogens is 270 g/mol. The van der Waals surface area contributed by atoms with Gasteiger partial charge >= 0.3 is 5.97 Å². The fourth-order valence-electron chi connectivity index (χ4n) is 2.35. The van der Waals surface area contributed by atoms with Gasteiger partial charge < -0.3 is 9.84 Å². The summed E-state index contributed by atoms with van der Waals surface area (Å²) in [5, 5.41) is 13.5. The lowest BCUT2D eigenvalue weighted by Crippen LogP contribution is -2.27. The number of allylic oxidation sites excluding steroid dienone is 1. The SMILES string of the molecule is CC(CN=[N+]=[N-])[C@H]1CC=CC[C@H](C)[C@@H](O)CCCC(=O)O1. The molecule has 21 heavy (non-hydrogen) atoms. The van der Waals surface area contributed by atoms with E-state index in [1.165, 1.54) is 0 Å². The van der Waals surface area contributed by atoms with Gasteiger partial charge in [-0.05, 0) is 36.6 Å². The first-order chi connectivity index (χ1) is 10.0. The molecule has 0 saturated heterocycles. The zero-order valence-corrected chi connectivity index (χ0v) is 12.8. The highest BCUT2D eigenvalue weighted by atomic mass is 16.5. The molecule has 4 atom stereocenters. The molecule has 1 heterocycles. The Morgan fingerprint density at radius 1 is 1.52 bits per heavy atom. The molecule has 1 N–H and O–H groups in total. The Morgan fingerprint density at radius 2 is 2.24 bits per heavy atom. The molecule has 0 aromatic heterocycles. The lowest BCUT2D eigenvalue weighted by Gasteiger charge is -2.23. The smallest absolute Gasteiger partial charge is 0.306 e. The summed E-state index contributed by atoms with van der Waals surface area (Å²) >= 11 is 0. The summed E-state index contributed by atoms with van der Waals surface area (Å²) in [6.45, 7) is 4.25. The van der Waals surface area contributed by atoms with E-state index < -0.39 is 0 Å². The highest BCUT2D eigenvalue weighted by Gasteiger charge is 2.21. The van der Waals surface area contributed by atoms with Crippen LogP contribution in [0.1, 0.15) is 46.0 Å². The second kappa shape index (κ2) is 9.42. The number of azide groups is 1. The van der Waals surface area contributed by atoms with Gasteiger partial charge in [-0.1, -0.05) is 31.1 Å². The number of nitrogens with zero attached hydrogens (tertiary/aromatic N) is 3. The van der Waals surface area contributed by atoms with Gasteiger partial charge in [0, 0.05) is 24.3 Å². The number of aliphatic hydroxyl groups excluding tert-OH is 1. The molecule has 0 fully saturated rings. The highest BCUT2D eigenvalue weighted by Crippen LogP contribution is 2.19. The normalized spacial score (nSPS) is 29.5. The number of esters is 1. The van der Waals surface area contributed by atoms with Gasteiger partial charge in [0.1, 0.15) is 6.10 Å². The van der Waals surface area contributed by atoms with Gasteiger partial charge in [0.25, 0.3) is 0 Å². The number of cyclic esters (lactones) is 1. The lowest BCUT2D eigenvalue weighted by atomic mass is 9.95. The first-order valence-electron chi connectivity index (χ1n) is 7.58. The third-order valence-corrected chi connectivity index (χ3v) is 3.93. The van der Waals surface area contributed by atoms with Crippen LogP contribution in [0.4, 0.5) is 0 Å². The fourth-order valence-corrected chi connectivity index (χ4v) is 2.35. The van der Waals surface area contributed by atoms with Crippen molar-refractivity contribution in [2.24, 2.45) is 17.0 Å². The van der Waals surface area contributed by atoms with Crippen LogP contribution in [0.3, 0.4) is 0 Å². The number of carbonyl (C=O) groups excluding carboxylic acids is 1. The zero-order valence-electron chi connectivity index (χ0n) is 12.8. The summed E-state index contributed by atoms with van der Waals surface area (Å²) in [6.07, 6.45) is 6.35. The number of ether oxygens (including phenoxy) is 1. The molecule has 1 unspecified atom stereocenters. The molecule has 6 nitrogen and oxygen atoms in total. The van der Waals surface area contributed by atoms with Crippen molar-refractivity contribution in [3.05, 3.63) is 22.6 Å². The molecule has 0 bridgehead atoms. The molecule has 1 rings (SSSR count). The minimum atomic E-state index is -0.374. The van der Waals surface area contributed by atoms with Crippen LogP contribution in [0.2, 0.25) is 0 Å². The molecule has 6 heteroatoms. The summed E-state index contributed by atoms with van der Waals surface area (Å²) in [4.78, 5) is 14.6. The zero-order chi connectivity index (χ0) is 15.7. The standard InChI is InChI=1S/C15H25N3O3/c1-11-6-3-4-8-14(12(2)10-17-18-16)21-15(20)9-5-7-13(11)19/h3-4,11-14,19H,5-10H2,1-2H3/t11-,12?,13-,14+/m0/s1. The molecule has 0 aromatic carbocycles. The van der Waals surface area contributed by atoms with Crippen molar-refractivity contribution in [3.63, 3.8) is 0 Å². The predicted octanol–water partition coefficient (Wildman–Crippen LogP) is 3.36. The molecule has 0 spiro atoms. The average molecular weight is 295 g/mol. The molecule has 0 aliphatic carbocycles. The minimum Gasteiger partial charge on any atom is -0.462 e. The monoisotopic (exact) mass is 295 g/mol. The summed E-state index contributed by atoms with van der Waals surface area (Å²) in [5.41, 5.74) is 8.38. The molecule has 1 aliphatic rings. The largest absolute Gasteiger partial charge is 0.462 e. The Morgan fingerprint density at radius 3 is 2.95 bits per heavy atom. The van der Waals surface area contributed by atoms with E-state index in [2.05, 4.69) is 10.0 Å². The van der Waals surface area contributed by atoms with E-state index in [-0.39, 0.29) is 30.0 Å². The van der Waals surface area contributed by atoms with Gasteiger partial charge in [-0.25, -0.2) is 0 Å². The Kier molecular flexibility index (Phi) is 7.87. The van der Waals surface area contributed by atoms with E-state index in [0.29, 0.717) is 32.2 Å². The molecule has 0 amide bonds. The Bertz CT molecular complexity index is 405. The number of hydrogen-bond donors (Lipinski definition) is 1. The third kappa shape index (κ3) is 6.65. The Hall–Kier alpha value is -1.52. The Labute approximate surface area is 125 Å². The van der Waals surface area contributed by atoms with Crippen molar-refractivity contribution in [2.45, 2.75) is 58.2 Å². The van der Waals surface area contributed by atoms with Gasteiger partial charge in [-0.3, -0.25) is 4.79 Å². The van der Waals surface area contributed by atoms with Crippen LogP contribution in [0.15, 0.2) is 17.3 Å². The highest BCUT2D eigenvalue weighted by molar-refractivity contribution is 5.69. The van der Waals surface area contributed by atoms with Gasteiger partial charge in [0.15, 0.2) is 0 Å². The fraction of sp³-hybridized carbons (Fsp3) is 0.800. The maximum Gasteiger partial charge on any atom is 0.306 e. The number of hydrogen-bond acceptors (Lipinski definition) is 4. The third-order valence-electron chi connectivity index (χ3n) is 3.93. The number of carbonyl (C=O) groups is 1. The van der Waals surface area contributed by atoms with Crippen molar-refractivity contribution >= 4 is 5.97 Å². The lowest BCUT2D eigenvalue weighted by molar-refractivity contribution is -0.151. The van der Waals surface area contributed by atoms with Crippen LogP contribution < -0.4 is 0 Å². The molecule has 0 radical (unpaired) electrons. The van der Waals surface area contributed by atoms with E-state index in [1.807, 2.05) is 26.0 Å². The van der Waals surface area contributed by atoms with Gasteiger partial charge in [-0.2, -0.15) is 0 Å². The second-order valence-electron chi connectivity index (χ2n) is 5.80. The maximum atomic E-state index is 11.8. The van der Waals surface area contributed by atoms with Crippen LogP contribution in [0, 0.1) is 11.8 Å². The summed E-state index contributed by atoms with van der Waals surface area (Å²) in [5.74, 6) is -0.0715. The van der Waals surface area contributed by atoms with E-state index >= 15 is 0 Å². The predicted molar refractivity (Wildman–Crippen MR) is 80.5 cm³/mol. The summed E-state index contributed by atoms with van der Waals surface area (Å²) < 4.78 is 5.49. The van der Waals surface area contributed by atoms with Crippen LogP contribution in [-0.2, 0) is 9.53 Å². The van der Waals surface area contributed by atoms with Crippen LogP contribution in [0.5, 0.6) is 0 Å². The van der Waals surface area contributed by atoms with Gasteiger partial charge in [0.2, 0.25) is 0 Å². The number of aliphatic hydroxyl groups is 1. The Balaban J connectivity index is 2.70. The maximum absolute atomic E-state index is 11.8. The van der Waals surface area contributed by atoms with E-state index in [1.54, 1.807) is 0 Å². The van der Waals surface area contributed by atoms with Gasteiger partial charge in [-0.15, -0.1) is 0 Å². The topological polar surface area (TPSA) is 95.3 Å². The molecule has 1 aliphatic heterocycles. The first kappa shape index (κ1) is 17.5. The van der Waals surface area contributed by atoms with E-state index in [4.69, 9.17) is 10.3 Å². The second-order valence-corrected chi connectivity index (χ2v) is 5.80. The summed E-state index contributed by atoms with van der Waals surface area (Å²) in [7, 11) is 0. The molecule has 0 saturated carbocycles. The quantitative estimate of drug-likeness (QED) is 0.284. The van der Waals surface area contributed by atoms with E-state index in [0.717, 1.165) is 6.42 Å². The van der Waals surface area contributed by atoms with Gasteiger partial charge in [0.05, 0.1) is 6.10 Å². The molecule has 118 valence electrons. The van der Waals surface area contributed by atoms with Crippen LogP contribution >= 0.6 is 0 Å². The minimum absolute atomic E-state index is 0.0135. The number of rotatable bonds is 3. The van der Waals surface area contributed by atoms with Crippen LogP contribution in [-0.4, -0.2) is 29.8 Å².